The summed E-state index contributed by atoms with van der Waals surface area (Å²) < 4.78 is 5.71. The third-order valence-electron chi connectivity index (χ3n) is 4.19. The van der Waals surface area contributed by atoms with Gasteiger partial charge in [-0.1, -0.05) is 25.1 Å². The highest BCUT2D eigenvalue weighted by atomic mass is 16.5. The summed E-state index contributed by atoms with van der Waals surface area (Å²) >= 11 is 0. The highest BCUT2D eigenvalue weighted by molar-refractivity contribution is 5.20. The Kier molecular flexibility index (Phi) is 5.23. The van der Waals surface area contributed by atoms with E-state index in [1.807, 2.05) is 30.3 Å². The summed E-state index contributed by atoms with van der Waals surface area (Å²) in [5.74, 6) is 0.969. The SMILES string of the molecule is CC1(CN)CCN(CCCOc2ccccc2)CC1. The second kappa shape index (κ2) is 6.92. The largest absolute Gasteiger partial charge is 0.494 e. The van der Waals surface area contributed by atoms with Gasteiger partial charge in [0.05, 0.1) is 6.61 Å². The maximum Gasteiger partial charge on any atom is 0.119 e. The van der Waals surface area contributed by atoms with Gasteiger partial charge in [0, 0.05) is 6.54 Å². The Labute approximate surface area is 116 Å². The van der Waals surface area contributed by atoms with Crippen molar-refractivity contribution in [2.45, 2.75) is 26.2 Å². The molecule has 0 aromatic heterocycles. The summed E-state index contributed by atoms with van der Waals surface area (Å²) in [6, 6.07) is 10.0. The minimum Gasteiger partial charge on any atom is -0.494 e. The molecular formula is C16H26N2O. The van der Waals surface area contributed by atoms with Gasteiger partial charge in [0.15, 0.2) is 0 Å². The molecule has 106 valence electrons. The van der Waals surface area contributed by atoms with Crippen molar-refractivity contribution < 1.29 is 4.74 Å². The van der Waals surface area contributed by atoms with Crippen molar-refractivity contribution in [3.8, 4) is 5.75 Å². The Morgan fingerprint density at radius 2 is 1.89 bits per heavy atom. The van der Waals surface area contributed by atoms with Gasteiger partial charge in [-0.3, -0.25) is 0 Å². The van der Waals surface area contributed by atoms with Gasteiger partial charge in [-0.2, -0.15) is 0 Å². The topological polar surface area (TPSA) is 38.5 Å². The number of para-hydroxylation sites is 1. The molecule has 3 nitrogen and oxygen atoms in total. The molecule has 1 aromatic rings. The fourth-order valence-electron chi connectivity index (χ4n) is 2.52. The lowest BCUT2D eigenvalue weighted by Gasteiger charge is -2.38. The Morgan fingerprint density at radius 1 is 1.21 bits per heavy atom. The second-order valence-electron chi connectivity index (χ2n) is 5.87. The number of nitrogens with zero attached hydrogens (tertiary/aromatic N) is 1. The molecule has 1 heterocycles. The number of nitrogens with two attached hydrogens (primary N) is 1. The molecule has 1 saturated heterocycles. The molecule has 0 spiro atoms. The van der Waals surface area contributed by atoms with E-state index in [-0.39, 0.29) is 0 Å². The van der Waals surface area contributed by atoms with Gasteiger partial charge in [-0.15, -0.1) is 0 Å². The third-order valence-corrected chi connectivity index (χ3v) is 4.19. The van der Waals surface area contributed by atoms with Crippen LogP contribution in [-0.4, -0.2) is 37.7 Å². The number of benzene rings is 1. The Hall–Kier alpha value is -1.06. The van der Waals surface area contributed by atoms with Gasteiger partial charge in [0.25, 0.3) is 0 Å². The van der Waals surface area contributed by atoms with Crippen LogP contribution >= 0.6 is 0 Å². The van der Waals surface area contributed by atoms with E-state index in [0.717, 1.165) is 31.9 Å². The van der Waals surface area contributed by atoms with Crippen molar-refractivity contribution in [3.05, 3.63) is 30.3 Å². The summed E-state index contributed by atoms with van der Waals surface area (Å²) in [6.45, 7) is 7.42. The molecule has 1 fully saturated rings. The molecule has 0 aliphatic carbocycles. The number of hydrogen-bond donors (Lipinski definition) is 1. The fraction of sp³-hybridized carbons (Fsp3) is 0.625. The van der Waals surface area contributed by atoms with Crippen LogP contribution in [0.3, 0.4) is 0 Å². The van der Waals surface area contributed by atoms with E-state index in [9.17, 15) is 0 Å². The van der Waals surface area contributed by atoms with Crippen molar-refractivity contribution in [1.82, 2.24) is 4.90 Å². The first kappa shape index (κ1) is 14.4. The zero-order chi connectivity index (χ0) is 13.6. The first-order valence-electron chi connectivity index (χ1n) is 7.32. The van der Waals surface area contributed by atoms with Crippen LogP contribution in [0.1, 0.15) is 26.2 Å². The van der Waals surface area contributed by atoms with Crippen LogP contribution in [0.2, 0.25) is 0 Å². The normalized spacial score (nSPS) is 19.3. The van der Waals surface area contributed by atoms with Crippen LogP contribution in [0.15, 0.2) is 30.3 Å². The molecule has 2 rings (SSSR count). The zero-order valence-corrected chi connectivity index (χ0v) is 12.0. The maximum absolute atomic E-state index is 5.83. The minimum absolute atomic E-state index is 0.372. The molecule has 2 N–H and O–H groups in total. The number of hydrogen-bond acceptors (Lipinski definition) is 3. The third kappa shape index (κ3) is 4.51. The fourth-order valence-corrected chi connectivity index (χ4v) is 2.52. The van der Waals surface area contributed by atoms with Gasteiger partial charge in [0.1, 0.15) is 5.75 Å². The van der Waals surface area contributed by atoms with Crippen molar-refractivity contribution in [2.24, 2.45) is 11.1 Å². The lowest BCUT2D eigenvalue weighted by atomic mass is 9.80. The van der Waals surface area contributed by atoms with Crippen LogP contribution in [0, 0.1) is 5.41 Å². The number of ether oxygens (including phenoxy) is 1. The molecule has 19 heavy (non-hydrogen) atoms. The molecule has 1 aromatic carbocycles. The van der Waals surface area contributed by atoms with Crippen molar-refractivity contribution >= 4 is 0 Å². The average molecular weight is 262 g/mol. The van der Waals surface area contributed by atoms with Gasteiger partial charge >= 0.3 is 0 Å². The van der Waals surface area contributed by atoms with Gasteiger partial charge in [-0.25, -0.2) is 0 Å². The first-order valence-corrected chi connectivity index (χ1v) is 7.32. The summed E-state index contributed by atoms with van der Waals surface area (Å²) in [6.07, 6.45) is 3.54. The van der Waals surface area contributed by atoms with Crippen molar-refractivity contribution in [1.29, 1.82) is 0 Å². The molecule has 0 amide bonds. The lowest BCUT2D eigenvalue weighted by Crippen LogP contribution is -2.42. The van der Waals surface area contributed by atoms with Crippen molar-refractivity contribution in [2.75, 3.05) is 32.8 Å². The molecule has 0 saturated carbocycles. The van der Waals surface area contributed by atoms with Crippen molar-refractivity contribution in [3.63, 3.8) is 0 Å². The Morgan fingerprint density at radius 3 is 2.53 bits per heavy atom. The Bertz CT molecular complexity index is 358. The first-order chi connectivity index (χ1) is 9.22. The second-order valence-corrected chi connectivity index (χ2v) is 5.87. The Balaban J connectivity index is 1.60. The predicted molar refractivity (Wildman–Crippen MR) is 79.4 cm³/mol. The zero-order valence-electron chi connectivity index (χ0n) is 12.0. The van der Waals surface area contributed by atoms with E-state index >= 15 is 0 Å². The summed E-state index contributed by atoms with van der Waals surface area (Å²) in [7, 11) is 0. The lowest BCUT2D eigenvalue weighted by molar-refractivity contribution is 0.118. The number of rotatable bonds is 6. The number of likely N-dealkylation sites (tertiary alicyclic amines) is 1. The molecule has 0 unspecified atom stereocenters. The molecule has 0 atom stereocenters. The highest BCUT2D eigenvalue weighted by Crippen LogP contribution is 2.29. The molecular weight excluding hydrogens is 236 g/mol. The van der Waals surface area contributed by atoms with Crippen LogP contribution < -0.4 is 10.5 Å². The summed E-state index contributed by atoms with van der Waals surface area (Å²) in [4.78, 5) is 2.53. The van der Waals surface area contributed by atoms with Crippen LogP contribution in [0.5, 0.6) is 5.75 Å². The standard InChI is InChI=1S/C16H26N2O/c1-16(14-17)8-11-18(12-9-16)10-5-13-19-15-6-3-2-4-7-15/h2-4,6-7H,5,8-14,17H2,1H3. The summed E-state index contributed by atoms with van der Waals surface area (Å²) in [5.41, 5.74) is 6.20. The quantitative estimate of drug-likeness (QED) is 0.801. The van der Waals surface area contributed by atoms with E-state index < -0.39 is 0 Å². The van der Waals surface area contributed by atoms with Crippen LogP contribution in [-0.2, 0) is 0 Å². The van der Waals surface area contributed by atoms with E-state index in [1.54, 1.807) is 0 Å². The molecule has 1 aliphatic heterocycles. The molecule has 1 aliphatic rings. The highest BCUT2D eigenvalue weighted by Gasteiger charge is 2.28. The van der Waals surface area contributed by atoms with E-state index in [2.05, 4.69) is 11.8 Å². The maximum atomic E-state index is 5.83. The monoisotopic (exact) mass is 262 g/mol. The molecule has 0 radical (unpaired) electrons. The van der Waals surface area contributed by atoms with Crippen LogP contribution in [0.4, 0.5) is 0 Å². The van der Waals surface area contributed by atoms with Gasteiger partial charge < -0.3 is 15.4 Å². The van der Waals surface area contributed by atoms with E-state index in [0.29, 0.717) is 5.41 Å². The minimum atomic E-state index is 0.372. The molecule has 0 bridgehead atoms. The molecule has 3 heteroatoms. The predicted octanol–water partition coefficient (Wildman–Crippen LogP) is 2.52. The smallest absolute Gasteiger partial charge is 0.119 e. The average Bonchev–Trinajstić information content (AvgIpc) is 2.47. The van der Waals surface area contributed by atoms with Gasteiger partial charge in [0.2, 0.25) is 0 Å². The number of piperidine rings is 1. The van der Waals surface area contributed by atoms with E-state index in [1.165, 1.54) is 25.9 Å². The van der Waals surface area contributed by atoms with Gasteiger partial charge in [-0.05, 0) is 56.4 Å². The van der Waals surface area contributed by atoms with E-state index in [4.69, 9.17) is 10.5 Å². The summed E-state index contributed by atoms with van der Waals surface area (Å²) in [5, 5.41) is 0. The van der Waals surface area contributed by atoms with Crippen LogP contribution in [0.25, 0.3) is 0 Å².